The second-order valence-electron chi connectivity index (χ2n) is 5.00. The number of aromatic nitrogens is 2. The number of nitrogens with zero attached hydrogens (tertiary/aromatic N) is 2. The van der Waals surface area contributed by atoms with Gasteiger partial charge in [0.2, 0.25) is 0 Å². The van der Waals surface area contributed by atoms with Crippen LogP contribution in [0.15, 0.2) is 41.1 Å². The number of hydrogen-bond donors (Lipinski definition) is 1. The molecule has 1 aromatic heterocycles. The summed E-state index contributed by atoms with van der Waals surface area (Å²) < 4.78 is 8.15. The molecule has 1 aliphatic heterocycles. The third kappa shape index (κ3) is 3.51. The van der Waals surface area contributed by atoms with Gasteiger partial charge in [-0.3, -0.25) is 4.79 Å². The van der Waals surface area contributed by atoms with Crippen molar-refractivity contribution in [3.8, 4) is 5.69 Å². The van der Waals surface area contributed by atoms with Gasteiger partial charge in [-0.05, 0) is 53.0 Å². The Hall–Kier alpha value is -1.66. The summed E-state index contributed by atoms with van der Waals surface area (Å²) in [7, 11) is 0. The van der Waals surface area contributed by atoms with Crippen LogP contribution >= 0.6 is 15.9 Å². The quantitative estimate of drug-likeness (QED) is 0.922. The minimum Gasteiger partial charge on any atom is -0.376 e. The summed E-state index contributed by atoms with van der Waals surface area (Å²) in [6, 6.07) is 7.35. The Bertz CT molecular complexity index is 618. The number of ether oxygens (including phenoxy) is 1. The number of carbonyl (C=O) groups is 1. The highest BCUT2D eigenvalue weighted by Crippen LogP contribution is 2.14. The molecule has 1 unspecified atom stereocenters. The molecule has 1 aliphatic rings. The lowest BCUT2D eigenvalue weighted by atomic mass is 10.2. The molecule has 0 radical (unpaired) electrons. The number of nitrogens with one attached hydrogen (secondary N) is 1. The average molecular weight is 350 g/mol. The highest BCUT2D eigenvalue weighted by atomic mass is 79.9. The molecule has 1 fully saturated rings. The molecule has 2 aromatic rings. The Morgan fingerprint density at radius 1 is 1.43 bits per heavy atom. The second kappa shape index (κ2) is 6.41. The van der Waals surface area contributed by atoms with Gasteiger partial charge in [0.05, 0.1) is 22.5 Å². The fraction of sp³-hybridized carbons (Fsp3) is 0.333. The van der Waals surface area contributed by atoms with Gasteiger partial charge in [-0.2, -0.15) is 5.10 Å². The van der Waals surface area contributed by atoms with E-state index in [1.807, 2.05) is 18.3 Å². The SMILES string of the molecule is O=C(NCC1CCCO1)c1ccc(-n2cc(Br)cn2)cc1. The van der Waals surface area contributed by atoms with Crippen LogP contribution in [-0.4, -0.2) is 34.9 Å². The smallest absolute Gasteiger partial charge is 0.251 e. The van der Waals surface area contributed by atoms with E-state index >= 15 is 0 Å². The van der Waals surface area contributed by atoms with E-state index in [9.17, 15) is 4.79 Å². The summed E-state index contributed by atoms with van der Waals surface area (Å²) in [5, 5.41) is 7.11. The Morgan fingerprint density at radius 3 is 2.86 bits per heavy atom. The third-order valence-electron chi connectivity index (χ3n) is 3.46. The van der Waals surface area contributed by atoms with Gasteiger partial charge in [-0.25, -0.2) is 4.68 Å². The van der Waals surface area contributed by atoms with Crippen LogP contribution in [0.5, 0.6) is 0 Å². The normalized spacial score (nSPS) is 17.9. The van der Waals surface area contributed by atoms with Crippen LogP contribution < -0.4 is 5.32 Å². The lowest BCUT2D eigenvalue weighted by Gasteiger charge is -2.11. The molecule has 21 heavy (non-hydrogen) atoms. The van der Waals surface area contributed by atoms with Crippen molar-refractivity contribution in [3.63, 3.8) is 0 Å². The van der Waals surface area contributed by atoms with Crippen LogP contribution in [0.1, 0.15) is 23.2 Å². The summed E-state index contributed by atoms with van der Waals surface area (Å²) in [5.74, 6) is -0.0707. The first-order valence-corrected chi connectivity index (χ1v) is 7.72. The molecule has 3 rings (SSSR count). The van der Waals surface area contributed by atoms with Crippen molar-refractivity contribution in [2.75, 3.05) is 13.2 Å². The first-order valence-electron chi connectivity index (χ1n) is 6.93. The standard InChI is InChI=1S/C15H16BrN3O2/c16-12-8-18-19(10-12)13-5-3-11(4-6-13)15(20)17-9-14-2-1-7-21-14/h3-6,8,10,14H,1-2,7,9H2,(H,17,20). The third-order valence-corrected chi connectivity index (χ3v) is 3.87. The molecule has 5 nitrogen and oxygen atoms in total. The molecule has 1 amide bonds. The fourth-order valence-electron chi connectivity index (χ4n) is 2.32. The van der Waals surface area contributed by atoms with Crippen molar-refractivity contribution in [2.24, 2.45) is 0 Å². The molecule has 1 aromatic carbocycles. The molecule has 0 aliphatic carbocycles. The summed E-state index contributed by atoms with van der Waals surface area (Å²) in [6.07, 6.45) is 5.85. The molecule has 0 saturated carbocycles. The maximum atomic E-state index is 12.1. The fourth-order valence-corrected chi connectivity index (χ4v) is 2.61. The second-order valence-corrected chi connectivity index (χ2v) is 5.91. The van der Waals surface area contributed by atoms with Gasteiger partial charge in [-0.1, -0.05) is 0 Å². The van der Waals surface area contributed by atoms with Gasteiger partial charge in [-0.15, -0.1) is 0 Å². The maximum Gasteiger partial charge on any atom is 0.251 e. The Kier molecular flexibility index (Phi) is 4.36. The molecule has 1 saturated heterocycles. The number of halogens is 1. The Morgan fingerprint density at radius 2 is 2.24 bits per heavy atom. The van der Waals surface area contributed by atoms with Crippen LogP contribution in [0, 0.1) is 0 Å². The minimum atomic E-state index is -0.0707. The topological polar surface area (TPSA) is 56.1 Å². The largest absolute Gasteiger partial charge is 0.376 e. The van der Waals surface area contributed by atoms with Crippen molar-refractivity contribution in [1.29, 1.82) is 0 Å². The van der Waals surface area contributed by atoms with Gasteiger partial charge in [0.15, 0.2) is 0 Å². The first-order chi connectivity index (χ1) is 10.2. The van der Waals surface area contributed by atoms with Crippen LogP contribution in [-0.2, 0) is 4.74 Å². The average Bonchev–Trinajstić information content (AvgIpc) is 3.16. The zero-order valence-electron chi connectivity index (χ0n) is 11.5. The highest BCUT2D eigenvalue weighted by molar-refractivity contribution is 9.10. The Balaban J connectivity index is 1.61. The van der Waals surface area contributed by atoms with Gasteiger partial charge >= 0.3 is 0 Å². The van der Waals surface area contributed by atoms with E-state index < -0.39 is 0 Å². The Labute approximate surface area is 131 Å². The van der Waals surface area contributed by atoms with Crippen LogP contribution in [0.25, 0.3) is 5.69 Å². The predicted molar refractivity (Wildman–Crippen MR) is 82.6 cm³/mol. The molecule has 0 spiro atoms. The molecule has 0 bridgehead atoms. The van der Waals surface area contributed by atoms with E-state index in [0.717, 1.165) is 29.6 Å². The monoisotopic (exact) mass is 349 g/mol. The van der Waals surface area contributed by atoms with Crippen molar-refractivity contribution in [1.82, 2.24) is 15.1 Å². The zero-order valence-corrected chi connectivity index (χ0v) is 13.0. The number of rotatable bonds is 4. The summed E-state index contributed by atoms with van der Waals surface area (Å²) in [4.78, 5) is 12.1. The number of benzene rings is 1. The van der Waals surface area contributed by atoms with Crippen LogP contribution in [0.4, 0.5) is 0 Å². The highest BCUT2D eigenvalue weighted by Gasteiger charge is 2.16. The van der Waals surface area contributed by atoms with E-state index in [2.05, 4.69) is 26.3 Å². The van der Waals surface area contributed by atoms with Gasteiger partial charge in [0.25, 0.3) is 5.91 Å². The molecule has 2 heterocycles. The molecular weight excluding hydrogens is 334 g/mol. The van der Waals surface area contributed by atoms with Crippen molar-refractivity contribution >= 4 is 21.8 Å². The first kappa shape index (κ1) is 14.3. The van der Waals surface area contributed by atoms with E-state index in [1.165, 1.54) is 0 Å². The molecular formula is C15H16BrN3O2. The van der Waals surface area contributed by atoms with Gasteiger partial charge in [0, 0.05) is 24.9 Å². The van der Waals surface area contributed by atoms with E-state index in [0.29, 0.717) is 12.1 Å². The van der Waals surface area contributed by atoms with Crippen LogP contribution in [0.3, 0.4) is 0 Å². The van der Waals surface area contributed by atoms with Crippen molar-refractivity contribution in [2.45, 2.75) is 18.9 Å². The van der Waals surface area contributed by atoms with Crippen molar-refractivity contribution in [3.05, 3.63) is 46.7 Å². The minimum absolute atomic E-state index is 0.0707. The maximum absolute atomic E-state index is 12.1. The lowest BCUT2D eigenvalue weighted by Crippen LogP contribution is -2.31. The predicted octanol–water partition coefficient (Wildman–Crippen LogP) is 2.54. The lowest BCUT2D eigenvalue weighted by molar-refractivity contribution is 0.0858. The molecule has 1 atom stereocenters. The molecule has 6 heteroatoms. The van der Waals surface area contributed by atoms with Gasteiger partial charge in [0.1, 0.15) is 0 Å². The molecule has 110 valence electrons. The summed E-state index contributed by atoms with van der Waals surface area (Å²) >= 11 is 3.36. The number of hydrogen-bond acceptors (Lipinski definition) is 3. The van der Waals surface area contributed by atoms with E-state index in [-0.39, 0.29) is 12.0 Å². The number of amides is 1. The zero-order chi connectivity index (χ0) is 14.7. The van der Waals surface area contributed by atoms with E-state index in [1.54, 1.807) is 23.0 Å². The summed E-state index contributed by atoms with van der Waals surface area (Å²) in [6.45, 7) is 1.38. The van der Waals surface area contributed by atoms with Gasteiger partial charge < -0.3 is 10.1 Å². The molecule has 1 N–H and O–H groups in total. The summed E-state index contributed by atoms with van der Waals surface area (Å²) in [5.41, 5.74) is 1.55. The van der Waals surface area contributed by atoms with Crippen LogP contribution in [0.2, 0.25) is 0 Å². The van der Waals surface area contributed by atoms with E-state index in [4.69, 9.17) is 4.74 Å². The number of carbonyl (C=O) groups excluding carboxylic acids is 1. The van der Waals surface area contributed by atoms with Crippen molar-refractivity contribution < 1.29 is 9.53 Å².